The molecule has 0 bridgehead atoms. The van der Waals surface area contributed by atoms with Crippen LogP contribution < -0.4 is 10.6 Å². The van der Waals surface area contributed by atoms with Gasteiger partial charge in [0.25, 0.3) is 11.8 Å². The molecule has 0 radical (unpaired) electrons. The van der Waals surface area contributed by atoms with Gasteiger partial charge in [0.15, 0.2) is 0 Å². The Morgan fingerprint density at radius 2 is 1.22 bits per heavy atom. The molecular formula is C22H17N3O2. The van der Waals surface area contributed by atoms with Crippen molar-refractivity contribution in [3.8, 4) is 6.07 Å². The van der Waals surface area contributed by atoms with Crippen molar-refractivity contribution in [1.82, 2.24) is 0 Å². The van der Waals surface area contributed by atoms with Gasteiger partial charge in [-0.15, -0.1) is 0 Å². The summed E-state index contributed by atoms with van der Waals surface area (Å²) in [6.07, 6.45) is 0. The Labute approximate surface area is 157 Å². The fourth-order valence-electron chi connectivity index (χ4n) is 2.56. The fraction of sp³-hybridized carbons (Fsp3) is 0.0455. The lowest BCUT2D eigenvalue weighted by atomic mass is 10.1. The van der Waals surface area contributed by atoms with Crippen molar-refractivity contribution in [2.45, 2.75) is 6.92 Å². The van der Waals surface area contributed by atoms with E-state index in [1.54, 1.807) is 48.5 Å². The Hall–Kier alpha value is -3.91. The monoisotopic (exact) mass is 355 g/mol. The van der Waals surface area contributed by atoms with E-state index in [1.165, 1.54) is 0 Å². The van der Waals surface area contributed by atoms with Crippen LogP contribution in [0.5, 0.6) is 0 Å². The van der Waals surface area contributed by atoms with Gasteiger partial charge in [-0.2, -0.15) is 5.26 Å². The molecular weight excluding hydrogens is 338 g/mol. The SMILES string of the molecule is Cc1ccccc1NC(=O)c1ccc(C(=O)Nc2ccccc2C#N)cc1. The number of hydrogen-bond acceptors (Lipinski definition) is 3. The standard InChI is InChI=1S/C22H17N3O2/c1-15-6-2-4-8-19(15)24-21(26)16-10-12-17(13-11-16)22(27)25-20-9-5-3-7-18(20)14-23/h2-13H,1H3,(H,24,26)(H,25,27). The van der Waals surface area contributed by atoms with Crippen molar-refractivity contribution < 1.29 is 9.59 Å². The van der Waals surface area contributed by atoms with Gasteiger partial charge < -0.3 is 10.6 Å². The molecule has 0 fully saturated rings. The molecule has 3 rings (SSSR count). The van der Waals surface area contributed by atoms with E-state index < -0.39 is 0 Å². The number of rotatable bonds is 4. The van der Waals surface area contributed by atoms with Gasteiger partial charge in [0.05, 0.1) is 11.3 Å². The van der Waals surface area contributed by atoms with Crippen molar-refractivity contribution in [2.75, 3.05) is 10.6 Å². The van der Waals surface area contributed by atoms with Crippen LogP contribution in [0.2, 0.25) is 0 Å². The fourth-order valence-corrected chi connectivity index (χ4v) is 2.56. The van der Waals surface area contributed by atoms with Gasteiger partial charge in [0, 0.05) is 16.8 Å². The molecule has 0 aliphatic heterocycles. The third-order valence-electron chi connectivity index (χ3n) is 4.10. The second-order valence-electron chi connectivity index (χ2n) is 5.96. The number of aryl methyl sites for hydroxylation is 1. The summed E-state index contributed by atoms with van der Waals surface area (Å²) in [5, 5.41) is 14.7. The summed E-state index contributed by atoms with van der Waals surface area (Å²) in [6, 6.07) is 22.7. The average Bonchev–Trinajstić information content (AvgIpc) is 2.70. The van der Waals surface area contributed by atoms with Gasteiger partial charge in [0.1, 0.15) is 6.07 Å². The maximum atomic E-state index is 12.4. The van der Waals surface area contributed by atoms with Gasteiger partial charge in [0.2, 0.25) is 0 Å². The topological polar surface area (TPSA) is 82.0 Å². The lowest BCUT2D eigenvalue weighted by Gasteiger charge is -2.09. The number of nitriles is 1. The van der Waals surface area contributed by atoms with E-state index in [-0.39, 0.29) is 11.8 Å². The summed E-state index contributed by atoms with van der Waals surface area (Å²) in [5.41, 5.74) is 3.41. The normalized spacial score (nSPS) is 9.93. The van der Waals surface area contributed by atoms with Crippen molar-refractivity contribution in [2.24, 2.45) is 0 Å². The second-order valence-corrected chi connectivity index (χ2v) is 5.96. The number of anilines is 2. The number of para-hydroxylation sites is 2. The zero-order chi connectivity index (χ0) is 19.2. The molecule has 27 heavy (non-hydrogen) atoms. The Kier molecular flexibility index (Phi) is 5.29. The first kappa shape index (κ1) is 17.9. The minimum absolute atomic E-state index is 0.244. The van der Waals surface area contributed by atoms with Gasteiger partial charge in [-0.1, -0.05) is 30.3 Å². The lowest BCUT2D eigenvalue weighted by Crippen LogP contribution is -2.15. The van der Waals surface area contributed by atoms with E-state index in [0.29, 0.717) is 22.4 Å². The first-order chi connectivity index (χ1) is 13.1. The maximum Gasteiger partial charge on any atom is 0.255 e. The molecule has 0 aliphatic carbocycles. The molecule has 2 N–H and O–H groups in total. The molecule has 0 saturated carbocycles. The first-order valence-corrected chi connectivity index (χ1v) is 8.36. The molecule has 0 atom stereocenters. The predicted octanol–water partition coefficient (Wildman–Crippen LogP) is 4.37. The van der Waals surface area contributed by atoms with E-state index in [1.807, 2.05) is 37.3 Å². The van der Waals surface area contributed by atoms with Crippen molar-refractivity contribution >= 4 is 23.2 Å². The van der Waals surface area contributed by atoms with Crippen molar-refractivity contribution in [1.29, 1.82) is 5.26 Å². The van der Waals surface area contributed by atoms with E-state index >= 15 is 0 Å². The van der Waals surface area contributed by atoms with Gasteiger partial charge >= 0.3 is 0 Å². The minimum Gasteiger partial charge on any atom is -0.322 e. The van der Waals surface area contributed by atoms with Crippen LogP contribution in [0.3, 0.4) is 0 Å². The van der Waals surface area contributed by atoms with E-state index in [9.17, 15) is 9.59 Å². The van der Waals surface area contributed by atoms with Crippen LogP contribution in [0, 0.1) is 18.3 Å². The van der Waals surface area contributed by atoms with Gasteiger partial charge in [-0.25, -0.2) is 0 Å². The second kappa shape index (κ2) is 7.98. The molecule has 0 heterocycles. The van der Waals surface area contributed by atoms with Crippen molar-refractivity contribution in [3.63, 3.8) is 0 Å². The summed E-state index contributed by atoms with van der Waals surface area (Å²) in [6.45, 7) is 1.92. The molecule has 0 unspecified atom stereocenters. The third kappa shape index (κ3) is 4.20. The zero-order valence-corrected chi connectivity index (χ0v) is 14.7. The lowest BCUT2D eigenvalue weighted by molar-refractivity contribution is 0.101. The molecule has 0 saturated heterocycles. The molecule has 0 spiro atoms. The summed E-state index contributed by atoms with van der Waals surface area (Å²) in [4.78, 5) is 24.8. The Bertz CT molecular complexity index is 1030. The van der Waals surface area contributed by atoms with Crippen LogP contribution in [-0.2, 0) is 0 Å². The maximum absolute atomic E-state index is 12.4. The molecule has 2 amide bonds. The van der Waals surface area contributed by atoms with Crippen LogP contribution in [0.4, 0.5) is 11.4 Å². The van der Waals surface area contributed by atoms with E-state index in [0.717, 1.165) is 11.3 Å². The summed E-state index contributed by atoms with van der Waals surface area (Å²) in [7, 11) is 0. The van der Waals surface area contributed by atoms with Crippen LogP contribution in [-0.4, -0.2) is 11.8 Å². The largest absolute Gasteiger partial charge is 0.322 e. The summed E-state index contributed by atoms with van der Waals surface area (Å²) >= 11 is 0. The number of amides is 2. The zero-order valence-electron chi connectivity index (χ0n) is 14.7. The van der Waals surface area contributed by atoms with Crippen LogP contribution >= 0.6 is 0 Å². The van der Waals surface area contributed by atoms with Crippen LogP contribution in [0.1, 0.15) is 31.8 Å². The Morgan fingerprint density at radius 1 is 0.741 bits per heavy atom. The van der Waals surface area contributed by atoms with Crippen molar-refractivity contribution in [3.05, 3.63) is 95.1 Å². The quantitative estimate of drug-likeness (QED) is 0.729. The highest BCUT2D eigenvalue weighted by molar-refractivity contribution is 6.07. The number of benzene rings is 3. The van der Waals surface area contributed by atoms with Gasteiger partial charge in [-0.3, -0.25) is 9.59 Å². The molecule has 3 aromatic rings. The van der Waals surface area contributed by atoms with Crippen LogP contribution in [0.25, 0.3) is 0 Å². The number of nitrogens with one attached hydrogen (secondary N) is 2. The summed E-state index contributed by atoms with van der Waals surface area (Å²) < 4.78 is 0. The number of carbonyl (C=O) groups excluding carboxylic acids is 2. The number of carbonyl (C=O) groups is 2. The summed E-state index contributed by atoms with van der Waals surface area (Å²) in [5.74, 6) is -0.588. The molecule has 3 aromatic carbocycles. The van der Waals surface area contributed by atoms with Gasteiger partial charge in [-0.05, 0) is 55.0 Å². The molecule has 0 aliphatic rings. The highest BCUT2D eigenvalue weighted by Gasteiger charge is 2.11. The molecule has 5 heteroatoms. The Morgan fingerprint density at radius 3 is 1.78 bits per heavy atom. The molecule has 5 nitrogen and oxygen atoms in total. The first-order valence-electron chi connectivity index (χ1n) is 8.36. The molecule has 0 aromatic heterocycles. The van der Waals surface area contributed by atoms with E-state index in [2.05, 4.69) is 10.6 Å². The minimum atomic E-state index is -0.344. The van der Waals surface area contributed by atoms with Crippen LogP contribution in [0.15, 0.2) is 72.8 Å². The predicted molar refractivity (Wildman–Crippen MR) is 105 cm³/mol. The van der Waals surface area contributed by atoms with E-state index in [4.69, 9.17) is 5.26 Å². The highest BCUT2D eigenvalue weighted by Crippen LogP contribution is 2.17. The number of nitrogens with zero attached hydrogens (tertiary/aromatic N) is 1. The smallest absolute Gasteiger partial charge is 0.255 e. The molecule has 132 valence electrons. The highest BCUT2D eigenvalue weighted by atomic mass is 16.2. The Balaban J connectivity index is 1.71. The number of hydrogen-bond donors (Lipinski definition) is 2. The average molecular weight is 355 g/mol. The third-order valence-corrected chi connectivity index (χ3v) is 4.10.